The van der Waals surface area contributed by atoms with Crippen molar-refractivity contribution < 1.29 is 26.7 Å². The zero-order chi connectivity index (χ0) is 20.5. The number of nitrogens with two attached hydrogens (primary N) is 1. The Balaban J connectivity index is 1.66. The number of halogens is 5. The molecule has 2 heterocycles. The third-order valence-corrected chi connectivity index (χ3v) is 4.67. The van der Waals surface area contributed by atoms with Crippen molar-refractivity contribution in [3.63, 3.8) is 0 Å². The molecule has 6 nitrogen and oxygen atoms in total. The van der Waals surface area contributed by atoms with E-state index in [0.717, 1.165) is 22.8 Å². The van der Waals surface area contributed by atoms with Gasteiger partial charge in [-0.3, -0.25) is 4.79 Å². The van der Waals surface area contributed by atoms with Crippen LogP contribution in [0.25, 0.3) is 0 Å². The van der Waals surface area contributed by atoms with Gasteiger partial charge in [0.05, 0.1) is 6.54 Å². The van der Waals surface area contributed by atoms with Crippen molar-refractivity contribution >= 4 is 5.91 Å². The monoisotopic (exact) mass is 403 g/mol. The minimum absolute atomic E-state index is 0.0350. The van der Waals surface area contributed by atoms with Crippen molar-refractivity contribution in [3.8, 4) is 0 Å². The number of hydrogen-bond acceptors (Lipinski definition) is 4. The fourth-order valence-corrected chi connectivity index (χ4v) is 3.21. The van der Waals surface area contributed by atoms with Crippen LogP contribution in [0.2, 0.25) is 0 Å². The van der Waals surface area contributed by atoms with E-state index >= 15 is 0 Å². The first kappa shape index (κ1) is 20.2. The lowest BCUT2D eigenvalue weighted by Crippen LogP contribution is -2.40. The minimum Gasteiger partial charge on any atom is -0.333 e. The van der Waals surface area contributed by atoms with Gasteiger partial charge in [0.1, 0.15) is 11.6 Å². The molecule has 1 amide bonds. The van der Waals surface area contributed by atoms with Gasteiger partial charge in [-0.25, -0.2) is 8.78 Å². The van der Waals surface area contributed by atoms with Gasteiger partial charge in [0.15, 0.2) is 5.82 Å². The van der Waals surface area contributed by atoms with Crippen molar-refractivity contribution in [2.75, 3.05) is 13.1 Å². The van der Waals surface area contributed by atoms with Crippen molar-refractivity contribution in [2.24, 2.45) is 11.7 Å². The number of amides is 1. The fraction of sp³-hybridized carbons (Fsp3) is 0.471. The van der Waals surface area contributed by atoms with Gasteiger partial charge in [-0.1, -0.05) is 0 Å². The van der Waals surface area contributed by atoms with Gasteiger partial charge in [-0.15, -0.1) is 10.2 Å². The van der Waals surface area contributed by atoms with E-state index in [9.17, 15) is 26.7 Å². The summed E-state index contributed by atoms with van der Waals surface area (Å²) >= 11 is 0. The molecule has 0 saturated carbocycles. The van der Waals surface area contributed by atoms with Crippen LogP contribution in [0, 0.1) is 17.6 Å². The maximum Gasteiger partial charge on any atom is 0.451 e. The molecule has 0 radical (unpaired) electrons. The van der Waals surface area contributed by atoms with E-state index in [2.05, 4.69) is 10.2 Å². The van der Waals surface area contributed by atoms with Crippen LogP contribution < -0.4 is 5.73 Å². The molecule has 152 valence electrons. The molecule has 2 N–H and O–H groups in total. The first-order chi connectivity index (χ1) is 13.2. The Morgan fingerprint density at radius 3 is 2.64 bits per heavy atom. The SMILES string of the molecule is NC[C@@H](CC(=O)N1CCn2c(nnc2C(F)(F)F)C1)Cc1cc(F)ccc1F. The molecule has 28 heavy (non-hydrogen) atoms. The summed E-state index contributed by atoms with van der Waals surface area (Å²) in [6, 6.07) is 3.07. The van der Waals surface area contributed by atoms with Crippen LogP contribution in [0.3, 0.4) is 0 Å². The predicted molar refractivity (Wildman–Crippen MR) is 87.7 cm³/mol. The molecule has 2 aromatic rings. The second kappa shape index (κ2) is 7.82. The quantitative estimate of drug-likeness (QED) is 0.776. The van der Waals surface area contributed by atoms with Gasteiger partial charge in [0.25, 0.3) is 0 Å². The smallest absolute Gasteiger partial charge is 0.333 e. The summed E-state index contributed by atoms with van der Waals surface area (Å²) in [6.45, 7) is -0.0369. The van der Waals surface area contributed by atoms with Crippen molar-refractivity contribution in [3.05, 3.63) is 47.0 Å². The maximum absolute atomic E-state index is 13.8. The zero-order valence-corrected chi connectivity index (χ0v) is 14.7. The summed E-state index contributed by atoms with van der Waals surface area (Å²) in [5.41, 5.74) is 5.80. The third kappa shape index (κ3) is 4.29. The van der Waals surface area contributed by atoms with Crippen LogP contribution in [0.4, 0.5) is 22.0 Å². The van der Waals surface area contributed by atoms with E-state index in [1.54, 1.807) is 0 Å². The van der Waals surface area contributed by atoms with E-state index in [0.29, 0.717) is 0 Å². The topological polar surface area (TPSA) is 77.0 Å². The molecule has 3 rings (SSSR count). The Morgan fingerprint density at radius 1 is 1.21 bits per heavy atom. The van der Waals surface area contributed by atoms with Crippen LogP contribution in [0.5, 0.6) is 0 Å². The van der Waals surface area contributed by atoms with Crippen LogP contribution in [-0.4, -0.2) is 38.7 Å². The highest BCUT2D eigenvalue weighted by molar-refractivity contribution is 5.76. The lowest BCUT2D eigenvalue weighted by molar-refractivity contribution is -0.148. The molecule has 0 unspecified atom stereocenters. The van der Waals surface area contributed by atoms with Gasteiger partial charge in [0.2, 0.25) is 11.7 Å². The molecule has 1 aromatic carbocycles. The fourth-order valence-electron chi connectivity index (χ4n) is 3.21. The molecular formula is C17H18F5N5O. The summed E-state index contributed by atoms with van der Waals surface area (Å²) in [5.74, 6) is -2.99. The average molecular weight is 403 g/mol. The van der Waals surface area contributed by atoms with E-state index in [-0.39, 0.29) is 56.3 Å². The van der Waals surface area contributed by atoms with Crippen LogP contribution >= 0.6 is 0 Å². The summed E-state index contributed by atoms with van der Waals surface area (Å²) in [7, 11) is 0. The number of aromatic nitrogens is 3. The summed E-state index contributed by atoms with van der Waals surface area (Å²) < 4.78 is 66.7. The molecule has 1 aliphatic rings. The Hall–Kier alpha value is -2.56. The van der Waals surface area contributed by atoms with Gasteiger partial charge in [-0.05, 0) is 42.6 Å². The number of alkyl halides is 3. The van der Waals surface area contributed by atoms with E-state index < -0.39 is 29.6 Å². The van der Waals surface area contributed by atoms with Crippen LogP contribution in [0.15, 0.2) is 18.2 Å². The normalized spacial score (nSPS) is 15.4. The number of nitrogens with zero attached hydrogens (tertiary/aromatic N) is 4. The van der Waals surface area contributed by atoms with Crippen LogP contribution in [0.1, 0.15) is 23.6 Å². The summed E-state index contributed by atoms with van der Waals surface area (Å²) in [6.07, 6.45) is -4.57. The molecule has 11 heteroatoms. The molecule has 1 atom stereocenters. The van der Waals surface area contributed by atoms with Crippen LogP contribution in [-0.2, 0) is 30.5 Å². The number of carbonyl (C=O) groups is 1. The van der Waals surface area contributed by atoms with Gasteiger partial charge < -0.3 is 15.2 Å². The molecule has 1 aliphatic heterocycles. The second-order valence-corrected chi connectivity index (χ2v) is 6.65. The highest BCUT2D eigenvalue weighted by Crippen LogP contribution is 2.29. The molecule has 0 aliphatic carbocycles. The predicted octanol–water partition coefficient (Wildman–Crippen LogP) is 2.12. The molecule has 0 fully saturated rings. The van der Waals surface area contributed by atoms with Gasteiger partial charge in [-0.2, -0.15) is 13.2 Å². The van der Waals surface area contributed by atoms with Crippen molar-refractivity contribution in [1.29, 1.82) is 0 Å². The highest BCUT2D eigenvalue weighted by atomic mass is 19.4. The number of benzene rings is 1. The molecular weight excluding hydrogens is 385 g/mol. The number of rotatable bonds is 5. The first-order valence-electron chi connectivity index (χ1n) is 8.60. The Bertz CT molecular complexity index is 866. The largest absolute Gasteiger partial charge is 0.451 e. The number of fused-ring (bicyclic) bond motifs is 1. The molecule has 0 saturated heterocycles. The van der Waals surface area contributed by atoms with Crippen molar-refractivity contribution in [1.82, 2.24) is 19.7 Å². The average Bonchev–Trinajstić information content (AvgIpc) is 3.07. The second-order valence-electron chi connectivity index (χ2n) is 6.65. The summed E-state index contributed by atoms with van der Waals surface area (Å²) in [4.78, 5) is 13.9. The van der Waals surface area contributed by atoms with Crippen molar-refractivity contribution in [2.45, 2.75) is 32.1 Å². The Labute approximate surface area is 157 Å². The Morgan fingerprint density at radius 2 is 1.96 bits per heavy atom. The number of hydrogen-bond donors (Lipinski definition) is 1. The standard InChI is InChI=1S/C17H18F5N5O/c18-12-1-2-13(19)11(7-12)5-10(8-23)6-15(28)26-3-4-27-14(9-26)24-25-16(27)17(20,21)22/h1-2,7,10H,3-6,8-9,23H2/t10-/m1/s1. The van der Waals surface area contributed by atoms with Gasteiger partial charge >= 0.3 is 6.18 Å². The lowest BCUT2D eigenvalue weighted by atomic mass is 9.95. The molecule has 0 spiro atoms. The van der Waals surface area contributed by atoms with E-state index in [4.69, 9.17) is 5.73 Å². The maximum atomic E-state index is 13.8. The van der Waals surface area contributed by atoms with Gasteiger partial charge in [0, 0.05) is 19.5 Å². The van der Waals surface area contributed by atoms with E-state index in [1.807, 2.05) is 0 Å². The zero-order valence-electron chi connectivity index (χ0n) is 14.7. The lowest BCUT2D eigenvalue weighted by Gasteiger charge is -2.29. The molecule has 1 aromatic heterocycles. The summed E-state index contributed by atoms with van der Waals surface area (Å²) in [5, 5.41) is 6.69. The Kier molecular flexibility index (Phi) is 5.64. The van der Waals surface area contributed by atoms with E-state index in [1.165, 1.54) is 4.90 Å². The minimum atomic E-state index is -4.61. The molecule has 0 bridgehead atoms. The first-order valence-corrected chi connectivity index (χ1v) is 8.60. The highest BCUT2D eigenvalue weighted by Gasteiger charge is 2.40. The number of carbonyl (C=O) groups excluding carboxylic acids is 1. The third-order valence-electron chi connectivity index (χ3n) is 4.67.